The molecule has 1 aromatic carbocycles. The molecule has 0 saturated carbocycles. The van der Waals surface area contributed by atoms with Gasteiger partial charge in [-0.15, -0.1) is 0 Å². The summed E-state index contributed by atoms with van der Waals surface area (Å²) < 4.78 is 3.01. The summed E-state index contributed by atoms with van der Waals surface area (Å²) in [6, 6.07) is 8.46. The van der Waals surface area contributed by atoms with E-state index in [1.54, 1.807) is 0 Å². The van der Waals surface area contributed by atoms with Crippen molar-refractivity contribution in [3.8, 4) is 0 Å². The van der Waals surface area contributed by atoms with Gasteiger partial charge in [0.05, 0.1) is 11.9 Å². The number of hydrogen-bond donors (Lipinski definition) is 1. The lowest BCUT2D eigenvalue weighted by Gasteiger charge is -2.04. The van der Waals surface area contributed by atoms with Gasteiger partial charge in [-0.3, -0.25) is 4.68 Å². The Labute approximate surface area is 104 Å². The number of aromatic nitrogens is 2. The smallest absolute Gasteiger partial charge is 0.0770 e. The highest BCUT2D eigenvalue weighted by Crippen LogP contribution is 2.19. The Morgan fingerprint density at radius 2 is 1.88 bits per heavy atom. The Morgan fingerprint density at radius 3 is 2.44 bits per heavy atom. The molecule has 0 unspecified atom stereocenters. The van der Waals surface area contributed by atoms with Gasteiger partial charge >= 0.3 is 0 Å². The van der Waals surface area contributed by atoms with Gasteiger partial charge in [0.1, 0.15) is 0 Å². The summed E-state index contributed by atoms with van der Waals surface area (Å²) in [6.07, 6.45) is 3.84. The predicted molar refractivity (Wildman–Crippen MR) is 70.0 cm³/mol. The van der Waals surface area contributed by atoms with Gasteiger partial charge in [-0.25, -0.2) is 0 Å². The summed E-state index contributed by atoms with van der Waals surface area (Å²) in [5.74, 6) is 0. The van der Waals surface area contributed by atoms with Gasteiger partial charge in [-0.2, -0.15) is 5.10 Å². The maximum Gasteiger partial charge on any atom is 0.0770 e. The minimum absolute atomic E-state index is 0.389. The fourth-order valence-corrected chi connectivity index (χ4v) is 1.65. The van der Waals surface area contributed by atoms with Crippen molar-refractivity contribution < 1.29 is 0 Å². The largest absolute Gasteiger partial charge is 0.353 e. The van der Waals surface area contributed by atoms with E-state index in [2.05, 4.69) is 40.2 Å². The minimum atomic E-state index is 0.389. The maximum atomic E-state index is 4.27. The van der Waals surface area contributed by atoms with E-state index in [0.29, 0.717) is 6.04 Å². The molecule has 0 aliphatic rings. The first-order valence-corrected chi connectivity index (χ1v) is 6.01. The number of rotatable bonds is 3. The average Bonchev–Trinajstić information content (AvgIpc) is 2.70. The average molecular weight is 280 g/mol. The van der Waals surface area contributed by atoms with Gasteiger partial charge in [0.25, 0.3) is 0 Å². The second kappa shape index (κ2) is 4.70. The molecule has 0 aliphatic carbocycles. The molecular formula is C12H14BrN3. The van der Waals surface area contributed by atoms with E-state index in [1.807, 2.05) is 41.3 Å². The molecule has 2 rings (SSSR count). The van der Waals surface area contributed by atoms with Crippen LogP contribution in [0.3, 0.4) is 0 Å². The van der Waals surface area contributed by atoms with Crippen molar-refractivity contribution in [3.05, 3.63) is 41.1 Å². The molecule has 16 heavy (non-hydrogen) atoms. The highest BCUT2D eigenvalue weighted by Gasteiger charge is 2.01. The first-order chi connectivity index (χ1) is 7.65. The molecule has 2 aromatic rings. The molecule has 3 nitrogen and oxygen atoms in total. The van der Waals surface area contributed by atoms with Crippen molar-refractivity contribution in [2.45, 2.75) is 19.9 Å². The Morgan fingerprint density at radius 1 is 1.19 bits per heavy atom. The summed E-state index contributed by atoms with van der Waals surface area (Å²) in [4.78, 5) is 0. The number of nitrogens with zero attached hydrogens (tertiary/aromatic N) is 2. The van der Waals surface area contributed by atoms with Gasteiger partial charge in [-0.1, -0.05) is 15.9 Å². The summed E-state index contributed by atoms with van der Waals surface area (Å²) in [7, 11) is 0. The lowest BCUT2D eigenvalue weighted by molar-refractivity contribution is 0.532. The van der Waals surface area contributed by atoms with Crippen molar-refractivity contribution in [1.29, 1.82) is 0 Å². The van der Waals surface area contributed by atoms with Gasteiger partial charge in [0.2, 0.25) is 0 Å². The van der Waals surface area contributed by atoms with E-state index in [-0.39, 0.29) is 0 Å². The van der Waals surface area contributed by atoms with Crippen LogP contribution in [-0.4, -0.2) is 9.78 Å². The predicted octanol–water partition coefficient (Wildman–Crippen LogP) is 3.97. The third-order valence-electron chi connectivity index (χ3n) is 2.26. The van der Waals surface area contributed by atoms with Crippen LogP contribution >= 0.6 is 15.9 Å². The normalized spacial score (nSPS) is 10.8. The highest BCUT2D eigenvalue weighted by molar-refractivity contribution is 9.10. The molecule has 0 saturated heterocycles. The van der Waals surface area contributed by atoms with Crippen molar-refractivity contribution >= 4 is 27.3 Å². The highest BCUT2D eigenvalue weighted by atomic mass is 79.9. The summed E-state index contributed by atoms with van der Waals surface area (Å²) >= 11 is 3.41. The lowest BCUT2D eigenvalue weighted by Crippen LogP contribution is -1.99. The van der Waals surface area contributed by atoms with E-state index in [0.717, 1.165) is 15.8 Å². The maximum absolute atomic E-state index is 4.27. The van der Waals surface area contributed by atoms with Crippen LogP contribution in [0.25, 0.3) is 0 Å². The number of anilines is 2. The number of benzene rings is 1. The molecule has 0 amide bonds. The van der Waals surface area contributed by atoms with Crippen LogP contribution in [0.15, 0.2) is 41.1 Å². The van der Waals surface area contributed by atoms with Crippen LogP contribution in [0, 0.1) is 0 Å². The summed E-state index contributed by atoms with van der Waals surface area (Å²) in [5.41, 5.74) is 2.07. The van der Waals surface area contributed by atoms with Crippen LogP contribution < -0.4 is 5.32 Å². The topological polar surface area (TPSA) is 29.9 Å². The van der Waals surface area contributed by atoms with Crippen LogP contribution in [0.4, 0.5) is 11.4 Å². The molecule has 0 aliphatic heterocycles. The van der Waals surface area contributed by atoms with Crippen LogP contribution in [0.2, 0.25) is 0 Å². The molecule has 4 heteroatoms. The summed E-state index contributed by atoms with van der Waals surface area (Å²) in [5, 5.41) is 7.58. The zero-order valence-electron chi connectivity index (χ0n) is 9.31. The standard InChI is InChI=1S/C12H14BrN3/c1-9(2)16-8-12(7-14-16)15-11-5-3-10(13)4-6-11/h3-9,15H,1-2H3. The quantitative estimate of drug-likeness (QED) is 0.921. The molecule has 0 bridgehead atoms. The first-order valence-electron chi connectivity index (χ1n) is 5.22. The van der Waals surface area contributed by atoms with Gasteiger partial charge in [-0.05, 0) is 38.1 Å². The third kappa shape index (κ3) is 2.64. The Hall–Kier alpha value is -1.29. The number of halogens is 1. The van der Waals surface area contributed by atoms with Crippen LogP contribution in [-0.2, 0) is 0 Å². The monoisotopic (exact) mass is 279 g/mol. The molecule has 84 valence electrons. The van der Waals surface area contributed by atoms with E-state index in [9.17, 15) is 0 Å². The van der Waals surface area contributed by atoms with Gasteiger partial charge < -0.3 is 5.32 Å². The SMILES string of the molecule is CC(C)n1cc(Nc2ccc(Br)cc2)cn1. The molecule has 0 atom stereocenters. The van der Waals surface area contributed by atoms with Crippen LogP contribution in [0.5, 0.6) is 0 Å². The fraction of sp³-hybridized carbons (Fsp3) is 0.250. The number of nitrogens with one attached hydrogen (secondary N) is 1. The molecular weight excluding hydrogens is 266 g/mol. The molecule has 0 fully saturated rings. The second-order valence-electron chi connectivity index (χ2n) is 3.93. The fourth-order valence-electron chi connectivity index (χ4n) is 1.38. The lowest BCUT2D eigenvalue weighted by atomic mass is 10.3. The molecule has 0 radical (unpaired) electrons. The second-order valence-corrected chi connectivity index (χ2v) is 4.85. The third-order valence-corrected chi connectivity index (χ3v) is 2.79. The van der Waals surface area contributed by atoms with E-state index >= 15 is 0 Å². The van der Waals surface area contributed by atoms with Crippen molar-refractivity contribution in [1.82, 2.24) is 9.78 Å². The van der Waals surface area contributed by atoms with Crippen molar-refractivity contribution in [2.24, 2.45) is 0 Å². The Kier molecular flexibility index (Phi) is 3.29. The zero-order chi connectivity index (χ0) is 11.5. The molecule has 0 spiro atoms. The Bertz CT molecular complexity index is 459. The molecule has 1 aromatic heterocycles. The first kappa shape index (κ1) is 11.2. The van der Waals surface area contributed by atoms with Gasteiger partial charge in [0.15, 0.2) is 0 Å². The van der Waals surface area contributed by atoms with Crippen molar-refractivity contribution in [3.63, 3.8) is 0 Å². The van der Waals surface area contributed by atoms with Crippen LogP contribution in [0.1, 0.15) is 19.9 Å². The van der Waals surface area contributed by atoms with Crippen molar-refractivity contribution in [2.75, 3.05) is 5.32 Å². The molecule has 1 N–H and O–H groups in total. The Balaban J connectivity index is 2.11. The minimum Gasteiger partial charge on any atom is -0.353 e. The number of hydrogen-bond acceptors (Lipinski definition) is 2. The molecule has 1 heterocycles. The van der Waals surface area contributed by atoms with E-state index in [4.69, 9.17) is 0 Å². The summed E-state index contributed by atoms with van der Waals surface area (Å²) in [6.45, 7) is 4.22. The van der Waals surface area contributed by atoms with E-state index in [1.165, 1.54) is 0 Å². The van der Waals surface area contributed by atoms with Gasteiger partial charge in [0, 0.05) is 22.4 Å². The zero-order valence-corrected chi connectivity index (χ0v) is 10.9. The van der Waals surface area contributed by atoms with E-state index < -0.39 is 0 Å².